The number of hydrogen-bond acceptors (Lipinski definition) is 5. The van der Waals surface area contributed by atoms with Crippen LogP contribution in [0.15, 0.2) is 0 Å². The molecule has 0 saturated heterocycles. The minimum atomic E-state index is -3.02. The molecular formula is C11H26O5Si. The van der Waals surface area contributed by atoms with E-state index in [9.17, 15) is 0 Å². The van der Waals surface area contributed by atoms with E-state index in [-0.39, 0.29) is 0 Å². The van der Waals surface area contributed by atoms with Crippen LogP contribution >= 0.6 is 0 Å². The van der Waals surface area contributed by atoms with E-state index in [1.165, 1.54) is 0 Å². The van der Waals surface area contributed by atoms with Crippen LogP contribution < -0.4 is 0 Å². The maximum absolute atomic E-state index is 5.79. The zero-order valence-corrected chi connectivity index (χ0v) is 12.9. The van der Waals surface area contributed by atoms with Crippen molar-refractivity contribution in [3.8, 4) is 0 Å². The van der Waals surface area contributed by atoms with Crippen LogP contribution in [0, 0.1) is 0 Å². The van der Waals surface area contributed by atoms with Gasteiger partial charge in [-0.2, -0.15) is 0 Å². The summed E-state index contributed by atoms with van der Waals surface area (Å²) >= 11 is 0. The minimum Gasteiger partial charge on any atom is -0.371 e. The lowest BCUT2D eigenvalue weighted by molar-refractivity contribution is -0.198. The van der Waals surface area contributed by atoms with Gasteiger partial charge in [0.05, 0.1) is 0 Å². The summed E-state index contributed by atoms with van der Waals surface area (Å²) in [5.41, 5.74) is -0.935. The van der Waals surface area contributed by atoms with Crippen LogP contribution in [0.2, 0.25) is 0 Å². The summed E-state index contributed by atoms with van der Waals surface area (Å²) in [7, 11) is 0.159. The van der Waals surface area contributed by atoms with Gasteiger partial charge >= 0.3 is 8.80 Å². The smallest absolute Gasteiger partial charge is 0.371 e. The van der Waals surface area contributed by atoms with Gasteiger partial charge in [-0.1, -0.05) is 6.92 Å². The summed E-state index contributed by atoms with van der Waals surface area (Å²) in [4.78, 5) is 0. The van der Waals surface area contributed by atoms with Crippen LogP contribution in [0.25, 0.3) is 0 Å². The molecule has 0 amide bonds. The molecule has 0 bridgehead atoms. The summed E-state index contributed by atoms with van der Waals surface area (Å²) in [6.45, 7) is 9.19. The second-order valence-electron chi connectivity index (χ2n) is 3.37. The Balaban J connectivity index is 5.31. The van der Waals surface area contributed by atoms with Gasteiger partial charge in [0, 0.05) is 40.5 Å². The van der Waals surface area contributed by atoms with Crippen molar-refractivity contribution in [3.05, 3.63) is 0 Å². The van der Waals surface area contributed by atoms with Crippen molar-refractivity contribution in [2.75, 3.05) is 34.0 Å². The highest BCUT2D eigenvalue weighted by atomic mass is 28.4. The lowest BCUT2D eigenvalue weighted by Gasteiger charge is -2.42. The SMILES string of the molecule is CCO[Si](OCC)(OCC)C(CC)(OC)OC. The molecule has 5 nitrogen and oxygen atoms in total. The van der Waals surface area contributed by atoms with Crippen molar-refractivity contribution in [2.45, 2.75) is 39.5 Å². The molecule has 0 aromatic heterocycles. The standard InChI is InChI=1S/C11H26O5Si/c1-7-11(12-5,13-6)17(14-8-2,15-9-3)16-10-4/h7-10H2,1-6H3. The van der Waals surface area contributed by atoms with Crippen LogP contribution in [0.5, 0.6) is 0 Å². The van der Waals surface area contributed by atoms with Crippen LogP contribution in [0.3, 0.4) is 0 Å². The first-order valence-electron chi connectivity index (χ1n) is 6.14. The summed E-state index contributed by atoms with van der Waals surface area (Å²) in [6.07, 6.45) is 0.603. The van der Waals surface area contributed by atoms with E-state index in [0.29, 0.717) is 26.2 Å². The predicted molar refractivity (Wildman–Crippen MR) is 67.7 cm³/mol. The van der Waals surface area contributed by atoms with Crippen LogP contribution in [0.4, 0.5) is 0 Å². The lowest BCUT2D eigenvalue weighted by Crippen LogP contribution is -2.67. The Hall–Kier alpha value is 0.0169. The van der Waals surface area contributed by atoms with Gasteiger partial charge in [-0.3, -0.25) is 0 Å². The molecule has 0 unspecified atom stereocenters. The minimum absolute atomic E-state index is 0.501. The summed E-state index contributed by atoms with van der Waals surface area (Å²) < 4.78 is 28.4. The molecule has 0 rings (SSSR count). The van der Waals surface area contributed by atoms with E-state index < -0.39 is 14.2 Å². The number of ether oxygens (including phenoxy) is 2. The molecule has 0 aromatic carbocycles. The van der Waals surface area contributed by atoms with Crippen molar-refractivity contribution in [3.63, 3.8) is 0 Å². The number of methoxy groups -OCH3 is 2. The Bertz CT molecular complexity index is 171. The second kappa shape index (κ2) is 8.18. The molecule has 104 valence electrons. The predicted octanol–water partition coefficient (Wildman–Crippen LogP) is 1.97. The Morgan fingerprint density at radius 1 is 0.765 bits per heavy atom. The molecule has 17 heavy (non-hydrogen) atoms. The van der Waals surface area contributed by atoms with Gasteiger partial charge in [-0.25, -0.2) is 0 Å². The van der Waals surface area contributed by atoms with Crippen LogP contribution in [-0.4, -0.2) is 48.3 Å². The fourth-order valence-electron chi connectivity index (χ4n) is 1.86. The largest absolute Gasteiger partial charge is 0.563 e. The molecule has 0 spiro atoms. The van der Waals surface area contributed by atoms with Crippen molar-refractivity contribution in [1.82, 2.24) is 0 Å². The first kappa shape index (κ1) is 17.0. The van der Waals surface area contributed by atoms with Gasteiger partial charge in [-0.15, -0.1) is 0 Å². The van der Waals surface area contributed by atoms with E-state index in [2.05, 4.69) is 0 Å². The van der Waals surface area contributed by atoms with Gasteiger partial charge in [-0.05, 0) is 20.8 Å². The van der Waals surface area contributed by atoms with Gasteiger partial charge in [0.1, 0.15) is 0 Å². The lowest BCUT2D eigenvalue weighted by atomic mass is 10.5. The zero-order valence-electron chi connectivity index (χ0n) is 11.9. The van der Waals surface area contributed by atoms with Gasteiger partial charge in [0.25, 0.3) is 0 Å². The third kappa shape index (κ3) is 3.49. The van der Waals surface area contributed by atoms with E-state index in [1.54, 1.807) is 14.2 Å². The molecule has 0 saturated carbocycles. The first-order chi connectivity index (χ1) is 8.11. The maximum Gasteiger partial charge on any atom is 0.563 e. The number of hydrogen-bond donors (Lipinski definition) is 0. The van der Waals surface area contributed by atoms with Crippen LogP contribution in [0.1, 0.15) is 34.1 Å². The van der Waals surface area contributed by atoms with Gasteiger partial charge in [0.15, 0.2) is 0 Å². The Morgan fingerprint density at radius 3 is 1.29 bits per heavy atom. The monoisotopic (exact) mass is 266 g/mol. The Labute approximate surface area is 106 Å². The summed E-state index contributed by atoms with van der Waals surface area (Å²) in [5, 5.41) is 0. The topological polar surface area (TPSA) is 46.2 Å². The molecular weight excluding hydrogens is 240 g/mol. The summed E-state index contributed by atoms with van der Waals surface area (Å²) in [5.74, 6) is 0. The molecule has 0 fully saturated rings. The fraction of sp³-hybridized carbons (Fsp3) is 1.00. The first-order valence-corrected chi connectivity index (χ1v) is 7.86. The molecule has 6 heteroatoms. The molecule has 0 atom stereocenters. The Morgan fingerprint density at radius 2 is 1.12 bits per heavy atom. The molecule has 0 radical (unpaired) electrons. The highest BCUT2D eigenvalue weighted by molar-refractivity contribution is 6.63. The second-order valence-corrected chi connectivity index (χ2v) is 6.11. The third-order valence-electron chi connectivity index (χ3n) is 2.59. The quantitative estimate of drug-likeness (QED) is 0.447. The van der Waals surface area contributed by atoms with Crippen molar-refractivity contribution < 1.29 is 22.8 Å². The highest BCUT2D eigenvalue weighted by Crippen LogP contribution is 2.31. The normalized spacial score (nSPS) is 13.1. The Kier molecular flexibility index (Phi) is 8.19. The third-order valence-corrected chi connectivity index (χ3v) is 6.30. The zero-order chi connectivity index (χ0) is 13.4. The van der Waals surface area contributed by atoms with Crippen LogP contribution in [-0.2, 0) is 22.8 Å². The molecule has 0 heterocycles. The van der Waals surface area contributed by atoms with E-state index in [4.69, 9.17) is 22.8 Å². The maximum atomic E-state index is 5.79. The average molecular weight is 266 g/mol. The number of rotatable bonds is 10. The fourth-order valence-corrected chi connectivity index (χ4v) is 4.85. The summed E-state index contributed by atoms with van der Waals surface area (Å²) in [6, 6.07) is 0. The van der Waals surface area contributed by atoms with E-state index in [0.717, 1.165) is 0 Å². The van der Waals surface area contributed by atoms with E-state index >= 15 is 0 Å². The highest BCUT2D eigenvalue weighted by Gasteiger charge is 2.62. The molecule has 0 aromatic rings. The van der Waals surface area contributed by atoms with E-state index in [1.807, 2.05) is 27.7 Å². The van der Waals surface area contributed by atoms with Gasteiger partial charge in [0.2, 0.25) is 5.41 Å². The van der Waals surface area contributed by atoms with Crippen molar-refractivity contribution in [2.24, 2.45) is 0 Å². The molecule has 0 aliphatic rings. The molecule has 0 aliphatic heterocycles. The molecule has 0 N–H and O–H groups in total. The van der Waals surface area contributed by atoms with Crippen molar-refractivity contribution >= 4 is 8.80 Å². The van der Waals surface area contributed by atoms with Gasteiger partial charge < -0.3 is 22.8 Å². The average Bonchev–Trinajstić information content (AvgIpc) is 2.33. The molecule has 0 aliphatic carbocycles. The van der Waals surface area contributed by atoms with Crippen molar-refractivity contribution in [1.29, 1.82) is 0 Å².